The minimum atomic E-state index is -0.844. The molecular weight excluding hydrogens is 859 g/mol. The molecule has 3 heterocycles. The zero-order chi connectivity index (χ0) is 47.2. The van der Waals surface area contributed by atoms with Crippen LogP contribution in [-0.2, 0) is 27.3 Å². The summed E-state index contributed by atoms with van der Waals surface area (Å²) in [5.41, 5.74) is 5.12. The Balaban J connectivity index is 0.737. The molecular formula is C55H61N5O8. The molecule has 2 aliphatic heterocycles. The number of hydrogen-bond acceptors (Lipinski definition) is 10. The van der Waals surface area contributed by atoms with Crippen molar-refractivity contribution in [3.63, 3.8) is 0 Å². The number of pyridine rings is 1. The fourth-order valence-electron chi connectivity index (χ4n) is 9.26. The monoisotopic (exact) mass is 919 g/mol. The first-order valence-corrected chi connectivity index (χ1v) is 23.8. The van der Waals surface area contributed by atoms with E-state index in [2.05, 4.69) is 44.8 Å². The van der Waals surface area contributed by atoms with Gasteiger partial charge >= 0.3 is 5.97 Å². The van der Waals surface area contributed by atoms with Crippen LogP contribution in [0.3, 0.4) is 0 Å². The number of esters is 1. The lowest BCUT2D eigenvalue weighted by molar-refractivity contribution is -0.146. The van der Waals surface area contributed by atoms with E-state index in [4.69, 9.17) is 9.47 Å². The SMILES string of the molecule is O=C(COc1cccc(C(C(=O)OCC2CCN(Cc3ccccc3)CC2)c2ccccc2)c1)NCC1CCN(C(=O)c2ccc(CCNCC(O)c3ccc(O)c4[nH]c(=O)ccc34)cc2)CC1. The maximum atomic E-state index is 13.8. The second kappa shape index (κ2) is 23.3. The fourth-order valence-corrected chi connectivity index (χ4v) is 9.26. The average Bonchev–Trinajstić information content (AvgIpc) is 3.37. The molecule has 2 unspecified atom stereocenters. The third-order valence-corrected chi connectivity index (χ3v) is 13.2. The lowest BCUT2D eigenvalue weighted by atomic mass is 9.91. The van der Waals surface area contributed by atoms with Gasteiger partial charge < -0.3 is 40.2 Å². The molecule has 0 saturated carbocycles. The predicted molar refractivity (Wildman–Crippen MR) is 261 cm³/mol. The largest absolute Gasteiger partial charge is 0.506 e. The first kappa shape index (κ1) is 47.7. The van der Waals surface area contributed by atoms with Crippen molar-refractivity contribution in [2.75, 3.05) is 59.0 Å². The number of aliphatic hydroxyl groups is 1. The third kappa shape index (κ3) is 12.8. The van der Waals surface area contributed by atoms with Crippen molar-refractivity contribution < 1.29 is 34.1 Å². The van der Waals surface area contributed by atoms with Gasteiger partial charge in [-0.25, -0.2) is 0 Å². The lowest BCUT2D eigenvalue weighted by Gasteiger charge is -2.32. The van der Waals surface area contributed by atoms with Gasteiger partial charge in [-0.05, 0) is 128 Å². The molecule has 68 heavy (non-hydrogen) atoms. The highest BCUT2D eigenvalue weighted by Gasteiger charge is 2.28. The number of aromatic nitrogens is 1. The van der Waals surface area contributed by atoms with Crippen LogP contribution in [0.5, 0.6) is 11.5 Å². The molecule has 13 nitrogen and oxygen atoms in total. The summed E-state index contributed by atoms with van der Waals surface area (Å²) < 4.78 is 12.0. The molecule has 354 valence electrons. The van der Waals surface area contributed by atoms with Gasteiger partial charge in [0, 0.05) is 49.7 Å². The number of phenols is 1. The Morgan fingerprint density at radius 1 is 0.750 bits per heavy atom. The number of ether oxygens (including phenoxy) is 2. The zero-order valence-corrected chi connectivity index (χ0v) is 38.4. The highest BCUT2D eigenvalue weighted by molar-refractivity contribution is 5.94. The van der Waals surface area contributed by atoms with Crippen LogP contribution in [-0.4, -0.2) is 102 Å². The smallest absolute Gasteiger partial charge is 0.317 e. The molecule has 2 fully saturated rings. The van der Waals surface area contributed by atoms with Crippen molar-refractivity contribution in [1.29, 1.82) is 0 Å². The van der Waals surface area contributed by atoms with E-state index >= 15 is 0 Å². The normalized spacial score (nSPS) is 15.7. The molecule has 2 amide bonds. The van der Waals surface area contributed by atoms with Crippen LogP contribution >= 0.6 is 0 Å². The third-order valence-electron chi connectivity index (χ3n) is 13.2. The van der Waals surface area contributed by atoms with Crippen LogP contribution in [0.15, 0.2) is 138 Å². The van der Waals surface area contributed by atoms with Gasteiger partial charge in [-0.3, -0.25) is 24.1 Å². The summed E-state index contributed by atoms with van der Waals surface area (Å²) in [6.07, 6.45) is 3.34. The Bertz CT molecular complexity index is 2660. The van der Waals surface area contributed by atoms with Crippen LogP contribution in [0.25, 0.3) is 10.9 Å². The number of phenolic OH excluding ortho intramolecular Hbond substituents is 1. The molecule has 0 bridgehead atoms. The summed E-state index contributed by atoms with van der Waals surface area (Å²) >= 11 is 0. The van der Waals surface area contributed by atoms with Gasteiger partial charge in [0.2, 0.25) is 5.56 Å². The van der Waals surface area contributed by atoms with Gasteiger partial charge in [-0.1, -0.05) is 91.0 Å². The van der Waals surface area contributed by atoms with Gasteiger partial charge in [0.25, 0.3) is 11.8 Å². The quantitative estimate of drug-likeness (QED) is 0.0433. The minimum absolute atomic E-state index is 0.0171. The van der Waals surface area contributed by atoms with E-state index in [9.17, 15) is 29.4 Å². The van der Waals surface area contributed by atoms with E-state index in [0.717, 1.165) is 62.0 Å². The molecule has 2 aliphatic rings. The van der Waals surface area contributed by atoms with Gasteiger partial charge in [0.1, 0.15) is 17.4 Å². The van der Waals surface area contributed by atoms with Crippen molar-refractivity contribution in [2.24, 2.45) is 11.8 Å². The highest BCUT2D eigenvalue weighted by atomic mass is 16.5. The first-order valence-electron chi connectivity index (χ1n) is 23.8. The molecule has 0 radical (unpaired) electrons. The molecule has 6 aromatic rings. The molecule has 5 aromatic carbocycles. The number of piperidine rings is 2. The van der Waals surface area contributed by atoms with Crippen LogP contribution < -0.4 is 20.9 Å². The maximum absolute atomic E-state index is 13.8. The van der Waals surface area contributed by atoms with Gasteiger partial charge in [0.15, 0.2) is 6.61 Å². The number of rotatable bonds is 19. The summed E-state index contributed by atoms with van der Waals surface area (Å²) in [5.74, 6) is -0.213. The number of fused-ring (bicyclic) bond motifs is 1. The van der Waals surface area contributed by atoms with Gasteiger partial charge in [-0.2, -0.15) is 0 Å². The summed E-state index contributed by atoms with van der Waals surface area (Å²) in [6.45, 7) is 5.66. The molecule has 2 atom stereocenters. The van der Waals surface area contributed by atoms with Crippen molar-refractivity contribution in [1.82, 2.24) is 25.4 Å². The molecule has 1 aromatic heterocycles. The second-order valence-electron chi connectivity index (χ2n) is 18.0. The number of H-pyrrole nitrogens is 1. The number of amides is 2. The molecule has 5 N–H and O–H groups in total. The van der Waals surface area contributed by atoms with Crippen molar-refractivity contribution in [2.45, 2.75) is 50.7 Å². The number of nitrogens with one attached hydrogen (secondary N) is 3. The number of carbonyl (C=O) groups is 3. The fraction of sp³-hybridized carbons (Fsp3) is 0.345. The number of likely N-dealkylation sites (tertiary alicyclic amines) is 2. The van der Waals surface area contributed by atoms with E-state index in [1.54, 1.807) is 18.2 Å². The topological polar surface area (TPSA) is 174 Å². The Morgan fingerprint density at radius 2 is 1.46 bits per heavy atom. The summed E-state index contributed by atoms with van der Waals surface area (Å²) in [6, 6.07) is 41.1. The van der Waals surface area contributed by atoms with E-state index in [0.29, 0.717) is 72.9 Å². The number of aliphatic hydroxyl groups excluding tert-OH is 1. The molecule has 8 rings (SSSR count). The molecule has 2 saturated heterocycles. The van der Waals surface area contributed by atoms with Crippen molar-refractivity contribution in [3.8, 4) is 11.5 Å². The summed E-state index contributed by atoms with van der Waals surface area (Å²) in [4.78, 5) is 58.8. The van der Waals surface area contributed by atoms with E-state index in [-0.39, 0.29) is 48.2 Å². The van der Waals surface area contributed by atoms with Gasteiger partial charge in [-0.15, -0.1) is 0 Å². The summed E-state index contributed by atoms with van der Waals surface area (Å²) in [7, 11) is 0. The lowest BCUT2D eigenvalue weighted by Crippen LogP contribution is -2.42. The Labute approximate surface area is 397 Å². The number of nitrogens with zero attached hydrogens (tertiary/aromatic N) is 2. The maximum Gasteiger partial charge on any atom is 0.317 e. The standard InChI is InChI=1S/C55H61N5O8/c61-48-20-18-46(47-19-21-50(63)58-53(47)48)49(62)34-56-27-22-38-14-16-43(17-15-38)54(65)60-30-25-39(26-31-60)33-57-51(64)37-67-45-13-7-12-44(32-45)52(42-10-5-2-6-11-42)55(66)68-36-41-23-28-59(29-24-41)35-40-8-3-1-4-9-40/h1-21,32,39,41,49,52,56,61-62H,22-31,33-37H2,(H,57,64)(H,58,63). The minimum Gasteiger partial charge on any atom is -0.506 e. The van der Waals surface area contributed by atoms with E-state index in [1.165, 1.54) is 17.7 Å². The van der Waals surface area contributed by atoms with Crippen LogP contribution in [0, 0.1) is 11.8 Å². The first-order chi connectivity index (χ1) is 33.2. The number of aromatic amines is 1. The zero-order valence-electron chi connectivity index (χ0n) is 38.4. The number of aromatic hydroxyl groups is 1. The van der Waals surface area contributed by atoms with Crippen molar-refractivity contribution >= 4 is 28.7 Å². The van der Waals surface area contributed by atoms with Crippen LogP contribution in [0.2, 0.25) is 0 Å². The Morgan fingerprint density at radius 3 is 2.21 bits per heavy atom. The predicted octanol–water partition coefficient (Wildman–Crippen LogP) is 6.73. The Hall–Kier alpha value is -6.80. The average molecular weight is 920 g/mol. The molecule has 0 aliphatic carbocycles. The van der Waals surface area contributed by atoms with Crippen LogP contribution in [0.1, 0.15) is 75.9 Å². The Kier molecular flexibility index (Phi) is 16.3. The number of carbonyl (C=O) groups excluding carboxylic acids is 3. The van der Waals surface area contributed by atoms with E-state index in [1.807, 2.05) is 83.8 Å². The van der Waals surface area contributed by atoms with E-state index < -0.39 is 12.0 Å². The number of hydrogen-bond donors (Lipinski definition) is 5. The summed E-state index contributed by atoms with van der Waals surface area (Å²) in [5, 5.41) is 27.8. The molecule has 0 spiro atoms. The van der Waals surface area contributed by atoms with Crippen LogP contribution in [0.4, 0.5) is 0 Å². The second-order valence-corrected chi connectivity index (χ2v) is 18.0. The van der Waals surface area contributed by atoms with Gasteiger partial charge in [0.05, 0.1) is 18.2 Å². The highest BCUT2D eigenvalue weighted by Crippen LogP contribution is 2.31. The van der Waals surface area contributed by atoms with Crippen molar-refractivity contribution in [3.05, 3.63) is 177 Å². The molecule has 13 heteroatoms. The number of benzene rings is 5.